The average molecular weight is 377 g/mol. The van der Waals surface area contributed by atoms with E-state index in [2.05, 4.69) is 15.0 Å². The van der Waals surface area contributed by atoms with Crippen molar-refractivity contribution >= 4 is 12.1 Å². The highest BCUT2D eigenvalue weighted by Crippen LogP contribution is 2.21. The van der Waals surface area contributed by atoms with Crippen LogP contribution in [-0.4, -0.2) is 54.3 Å². The molecule has 1 aliphatic rings. The molecule has 27 heavy (non-hydrogen) atoms. The molecule has 1 fully saturated rings. The Morgan fingerprint density at radius 3 is 2.52 bits per heavy atom. The van der Waals surface area contributed by atoms with E-state index >= 15 is 0 Å². The van der Waals surface area contributed by atoms with Gasteiger partial charge >= 0.3 is 12.1 Å². The number of nitrogens with zero attached hydrogens (tertiary/aromatic N) is 2. The van der Waals surface area contributed by atoms with E-state index in [1.54, 1.807) is 6.07 Å². The Balaban J connectivity index is 1.63. The van der Waals surface area contributed by atoms with Crippen LogP contribution in [0.25, 0.3) is 0 Å². The molecule has 0 atom stereocenters. The van der Waals surface area contributed by atoms with E-state index in [1.807, 2.05) is 31.7 Å². The molecule has 1 aromatic heterocycles. The number of hydrogen-bond acceptors (Lipinski definition) is 6. The van der Waals surface area contributed by atoms with Crippen LogP contribution in [0.3, 0.4) is 0 Å². The van der Waals surface area contributed by atoms with Crippen LogP contribution in [0.1, 0.15) is 56.1 Å². The first-order valence-corrected chi connectivity index (χ1v) is 9.50. The van der Waals surface area contributed by atoms with Crippen LogP contribution in [0.4, 0.5) is 4.79 Å². The Morgan fingerprint density at radius 1 is 1.26 bits per heavy atom. The third kappa shape index (κ3) is 7.17. The highest BCUT2D eigenvalue weighted by molar-refractivity contribution is 5.88. The molecular weight excluding hydrogens is 346 g/mol. The number of methoxy groups -OCH3 is 1. The smallest absolute Gasteiger partial charge is 0.410 e. The average Bonchev–Trinajstić information content (AvgIpc) is 2.64. The first kappa shape index (κ1) is 21.2. The molecule has 7 heteroatoms. The van der Waals surface area contributed by atoms with Crippen LogP contribution in [0, 0.1) is 5.92 Å². The zero-order valence-corrected chi connectivity index (χ0v) is 16.8. The molecule has 1 amide bonds. The minimum Gasteiger partial charge on any atom is -0.465 e. The van der Waals surface area contributed by atoms with Crippen molar-refractivity contribution in [2.75, 3.05) is 26.7 Å². The minimum atomic E-state index is -0.444. The quantitative estimate of drug-likeness (QED) is 0.606. The van der Waals surface area contributed by atoms with Gasteiger partial charge in [-0.2, -0.15) is 0 Å². The molecule has 150 valence electrons. The van der Waals surface area contributed by atoms with Crippen LogP contribution >= 0.6 is 0 Å². The van der Waals surface area contributed by atoms with Gasteiger partial charge < -0.3 is 19.7 Å². The van der Waals surface area contributed by atoms with Gasteiger partial charge in [0.2, 0.25) is 0 Å². The maximum Gasteiger partial charge on any atom is 0.410 e. The number of ether oxygens (including phenoxy) is 2. The number of nitrogens with one attached hydrogen (secondary N) is 1. The lowest BCUT2D eigenvalue weighted by molar-refractivity contribution is 0.0181. The van der Waals surface area contributed by atoms with Crippen molar-refractivity contribution in [1.82, 2.24) is 15.2 Å². The lowest BCUT2D eigenvalue weighted by Gasteiger charge is -2.33. The van der Waals surface area contributed by atoms with E-state index in [9.17, 15) is 9.59 Å². The van der Waals surface area contributed by atoms with Crippen molar-refractivity contribution in [3.8, 4) is 0 Å². The van der Waals surface area contributed by atoms with Crippen LogP contribution in [0.5, 0.6) is 0 Å². The van der Waals surface area contributed by atoms with E-state index in [1.165, 1.54) is 13.3 Å². The van der Waals surface area contributed by atoms with Crippen LogP contribution < -0.4 is 5.32 Å². The van der Waals surface area contributed by atoms with E-state index < -0.39 is 5.60 Å². The van der Waals surface area contributed by atoms with Gasteiger partial charge in [0.05, 0.1) is 18.4 Å². The van der Waals surface area contributed by atoms with E-state index in [0.29, 0.717) is 18.0 Å². The number of carbonyl (C=O) groups is 2. The molecule has 0 aliphatic carbocycles. The predicted molar refractivity (Wildman–Crippen MR) is 102 cm³/mol. The summed E-state index contributed by atoms with van der Waals surface area (Å²) in [4.78, 5) is 29.5. The van der Waals surface area contributed by atoms with Gasteiger partial charge in [-0.25, -0.2) is 9.59 Å². The van der Waals surface area contributed by atoms with Gasteiger partial charge in [-0.1, -0.05) is 0 Å². The summed E-state index contributed by atoms with van der Waals surface area (Å²) >= 11 is 0. The molecule has 0 saturated carbocycles. The second-order valence-corrected chi connectivity index (χ2v) is 7.91. The summed E-state index contributed by atoms with van der Waals surface area (Å²) < 4.78 is 10.1. The molecule has 7 nitrogen and oxygen atoms in total. The van der Waals surface area contributed by atoms with Crippen molar-refractivity contribution < 1.29 is 19.1 Å². The summed E-state index contributed by atoms with van der Waals surface area (Å²) in [6, 6.07) is 3.56. The molecule has 0 aromatic carbocycles. The van der Waals surface area contributed by atoms with Crippen LogP contribution in [0.2, 0.25) is 0 Å². The highest BCUT2D eigenvalue weighted by atomic mass is 16.6. The van der Waals surface area contributed by atoms with Crippen molar-refractivity contribution in [3.05, 3.63) is 29.6 Å². The van der Waals surface area contributed by atoms with Gasteiger partial charge in [-0.15, -0.1) is 0 Å². The minimum absolute atomic E-state index is 0.208. The predicted octanol–water partition coefficient (Wildman–Crippen LogP) is 3.00. The van der Waals surface area contributed by atoms with Crippen LogP contribution in [-0.2, 0) is 16.0 Å². The first-order chi connectivity index (χ1) is 12.8. The van der Waals surface area contributed by atoms with Crippen molar-refractivity contribution in [1.29, 1.82) is 0 Å². The van der Waals surface area contributed by atoms with Crippen LogP contribution in [0.15, 0.2) is 18.3 Å². The fourth-order valence-corrected chi connectivity index (χ4v) is 3.02. The van der Waals surface area contributed by atoms with E-state index in [-0.39, 0.29) is 12.1 Å². The zero-order valence-electron chi connectivity index (χ0n) is 16.8. The number of pyridine rings is 1. The number of carbonyl (C=O) groups excluding carboxylic acids is 2. The third-order valence-corrected chi connectivity index (χ3v) is 4.55. The Kier molecular flexibility index (Phi) is 7.59. The number of aromatic nitrogens is 1. The first-order valence-electron chi connectivity index (χ1n) is 9.50. The monoisotopic (exact) mass is 377 g/mol. The van der Waals surface area contributed by atoms with Crippen molar-refractivity contribution in [2.24, 2.45) is 5.92 Å². The zero-order chi connectivity index (χ0) is 19.9. The second kappa shape index (κ2) is 9.69. The highest BCUT2D eigenvalue weighted by Gasteiger charge is 2.26. The Labute approximate surface area is 161 Å². The molecular formula is C20H31N3O4. The summed E-state index contributed by atoms with van der Waals surface area (Å²) in [5.74, 6) is 0.241. The molecule has 0 bridgehead atoms. The molecule has 1 aromatic rings. The second-order valence-electron chi connectivity index (χ2n) is 7.91. The van der Waals surface area contributed by atoms with Gasteiger partial charge in [-0.3, -0.25) is 4.98 Å². The third-order valence-electron chi connectivity index (χ3n) is 4.55. The maximum absolute atomic E-state index is 12.1. The Bertz CT molecular complexity index is 617. The fraction of sp³-hybridized carbons (Fsp3) is 0.650. The number of likely N-dealkylation sites (tertiary alicyclic amines) is 1. The molecule has 1 aliphatic heterocycles. The summed E-state index contributed by atoms with van der Waals surface area (Å²) in [5.41, 5.74) is 0.904. The molecule has 2 rings (SSSR count). The van der Waals surface area contributed by atoms with Gasteiger partial charge in [0.25, 0.3) is 0 Å². The number of esters is 1. The molecule has 2 heterocycles. The molecule has 0 unspecified atom stereocenters. The summed E-state index contributed by atoms with van der Waals surface area (Å²) in [7, 11) is 1.36. The standard InChI is InChI=1S/C20H31N3O4/c1-20(2,3)27-19(25)23-11-8-15(9-12-23)7-10-21-14-17-6-5-16(13-22-17)18(24)26-4/h5-6,13,15,21H,7-12,14H2,1-4H3. The normalized spacial score (nSPS) is 15.5. The van der Waals surface area contributed by atoms with Gasteiger partial charge in [0.15, 0.2) is 0 Å². The molecule has 0 spiro atoms. The van der Waals surface area contributed by atoms with E-state index in [4.69, 9.17) is 4.74 Å². The number of hydrogen-bond donors (Lipinski definition) is 1. The summed E-state index contributed by atoms with van der Waals surface area (Å²) in [5, 5.41) is 3.39. The molecule has 1 N–H and O–H groups in total. The molecule has 0 radical (unpaired) electrons. The van der Waals surface area contributed by atoms with Crippen molar-refractivity contribution in [2.45, 2.75) is 52.2 Å². The Morgan fingerprint density at radius 2 is 1.96 bits per heavy atom. The summed E-state index contributed by atoms with van der Waals surface area (Å²) in [6.45, 7) is 8.76. The van der Waals surface area contributed by atoms with Gasteiger partial charge in [0.1, 0.15) is 5.60 Å². The maximum atomic E-state index is 12.1. The van der Waals surface area contributed by atoms with Gasteiger partial charge in [0, 0.05) is 25.8 Å². The summed E-state index contributed by atoms with van der Waals surface area (Å²) in [6.07, 6.45) is 4.41. The van der Waals surface area contributed by atoms with Crippen molar-refractivity contribution in [3.63, 3.8) is 0 Å². The lowest BCUT2D eigenvalue weighted by atomic mass is 9.94. The van der Waals surface area contributed by atoms with E-state index in [0.717, 1.165) is 44.6 Å². The van der Waals surface area contributed by atoms with Gasteiger partial charge in [-0.05, 0) is 64.6 Å². The fourth-order valence-electron chi connectivity index (χ4n) is 3.02. The largest absolute Gasteiger partial charge is 0.465 e. The topological polar surface area (TPSA) is 80.8 Å². The number of amides is 1. The molecule has 1 saturated heterocycles. The number of piperidine rings is 1. The SMILES string of the molecule is COC(=O)c1ccc(CNCCC2CCN(C(=O)OC(C)(C)C)CC2)nc1. The number of rotatable bonds is 6. The Hall–Kier alpha value is -2.15. The lowest BCUT2D eigenvalue weighted by Crippen LogP contribution is -2.42.